The molecule has 1 aliphatic carbocycles. The highest BCUT2D eigenvalue weighted by Gasteiger charge is 2.16. The van der Waals surface area contributed by atoms with Crippen LogP contribution in [0.1, 0.15) is 43.0 Å². The molecule has 1 atom stereocenters. The van der Waals surface area contributed by atoms with Crippen LogP contribution in [0.4, 0.5) is 5.95 Å². The lowest BCUT2D eigenvalue weighted by molar-refractivity contribution is 0.0922. The van der Waals surface area contributed by atoms with Gasteiger partial charge < -0.3 is 15.7 Å². The van der Waals surface area contributed by atoms with Crippen molar-refractivity contribution in [2.24, 2.45) is 0 Å². The van der Waals surface area contributed by atoms with Crippen LogP contribution in [-0.4, -0.2) is 39.7 Å². The number of carbonyl (C=O) groups excluding carboxylic acids is 1. The molecule has 0 radical (unpaired) electrons. The first-order valence-electron chi connectivity index (χ1n) is 8.11. The standard InChI is InChI=1S/C17H22N4O2/c1-11(10-22)19-16(23)12-6-7-13-9-18-17(21-15(13)8-12)20-14-4-2-3-5-14/h6-9,11,14,22H,2-5,10H2,1H3,(H,19,23)(H,18,20,21)/t11-/m0/s1. The topological polar surface area (TPSA) is 87.1 Å². The molecule has 0 aliphatic heterocycles. The highest BCUT2D eigenvalue weighted by Crippen LogP contribution is 2.22. The van der Waals surface area contributed by atoms with E-state index in [2.05, 4.69) is 20.6 Å². The predicted molar refractivity (Wildman–Crippen MR) is 89.4 cm³/mol. The molecule has 1 amide bonds. The monoisotopic (exact) mass is 314 g/mol. The van der Waals surface area contributed by atoms with Crippen molar-refractivity contribution in [3.8, 4) is 0 Å². The van der Waals surface area contributed by atoms with Crippen molar-refractivity contribution < 1.29 is 9.90 Å². The summed E-state index contributed by atoms with van der Waals surface area (Å²) in [5.41, 5.74) is 1.27. The number of aliphatic hydroxyl groups is 1. The van der Waals surface area contributed by atoms with E-state index in [9.17, 15) is 4.79 Å². The number of amides is 1. The average molecular weight is 314 g/mol. The number of hydrogen-bond donors (Lipinski definition) is 3. The molecule has 0 saturated heterocycles. The Bertz CT molecular complexity index is 698. The quantitative estimate of drug-likeness (QED) is 0.786. The maximum Gasteiger partial charge on any atom is 0.251 e. The van der Waals surface area contributed by atoms with Crippen LogP contribution >= 0.6 is 0 Å². The van der Waals surface area contributed by atoms with Gasteiger partial charge in [0.2, 0.25) is 5.95 Å². The van der Waals surface area contributed by atoms with E-state index in [0.717, 1.165) is 23.7 Å². The minimum absolute atomic E-state index is 0.0864. The van der Waals surface area contributed by atoms with Crippen LogP contribution in [-0.2, 0) is 0 Å². The van der Waals surface area contributed by atoms with Crippen LogP contribution in [0.15, 0.2) is 24.4 Å². The SMILES string of the molecule is C[C@@H](CO)NC(=O)c1ccc2cnc(NC3CCCC3)nc2c1. The van der Waals surface area contributed by atoms with Crippen molar-refractivity contribution in [3.63, 3.8) is 0 Å². The van der Waals surface area contributed by atoms with Crippen LogP contribution in [0.3, 0.4) is 0 Å². The largest absolute Gasteiger partial charge is 0.394 e. The number of carbonyl (C=O) groups is 1. The van der Waals surface area contributed by atoms with Crippen LogP contribution in [0.2, 0.25) is 0 Å². The minimum Gasteiger partial charge on any atom is -0.394 e. The average Bonchev–Trinajstić information content (AvgIpc) is 3.07. The number of rotatable bonds is 5. The van der Waals surface area contributed by atoms with E-state index in [1.807, 2.05) is 6.07 Å². The van der Waals surface area contributed by atoms with Crippen LogP contribution in [0, 0.1) is 0 Å². The van der Waals surface area contributed by atoms with Gasteiger partial charge in [0, 0.05) is 29.2 Å². The third kappa shape index (κ3) is 3.76. The minimum atomic E-state index is -0.275. The van der Waals surface area contributed by atoms with Crippen molar-refractivity contribution >= 4 is 22.8 Å². The first-order valence-corrected chi connectivity index (χ1v) is 8.11. The molecular formula is C17H22N4O2. The molecule has 1 fully saturated rings. The highest BCUT2D eigenvalue weighted by atomic mass is 16.3. The Morgan fingerprint density at radius 1 is 1.39 bits per heavy atom. The Kier molecular flexibility index (Phi) is 4.71. The number of aromatic nitrogens is 2. The first kappa shape index (κ1) is 15.7. The fraction of sp³-hybridized carbons (Fsp3) is 0.471. The summed E-state index contributed by atoms with van der Waals surface area (Å²) in [6, 6.07) is 5.52. The molecular weight excluding hydrogens is 292 g/mol. The number of hydrogen-bond acceptors (Lipinski definition) is 5. The third-order valence-electron chi connectivity index (χ3n) is 4.18. The van der Waals surface area contributed by atoms with E-state index in [1.54, 1.807) is 25.3 Å². The van der Waals surface area contributed by atoms with Gasteiger partial charge in [-0.3, -0.25) is 4.79 Å². The van der Waals surface area contributed by atoms with Crippen molar-refractivity contribution in [3.05, 3.63) is 30.0 Å². The van der Waals surface area contributed by atoms with E-state index < -0.39 is 0 Å². The molecule has 1 aromatic carbocycles. The fourth-order valence-electron chi connectivity index (χ4n) is 2.84. The molecule has 1 aromatic heterocycles. The van der Waals surface area contributed by atoms with Gasteiger partial charge in [0.1, 0.15) is 0 Å². The number of nitrogens with zero attached hydrogens (tertiary/aromatic N) is 2. The summed E-state index contributed by atoms with van der Waals surface area (Å²) < 4.78 is 0. The molecule has 2 aromatic rings. The molecule has 3 rings (SSSR count). The zero-order valence-electron chi connectivity index (χ0n) is 13.2. The molecule has 3 N–H and O–H groups in total. The van der Waals surface area contributed by atoms with Crippen molar-refractivity contribution in [1.29, 1.82) is 0 Å². The van der Waals surface area contributed by atoms with Gasteiger partial charge in [0.15, 0.2) is 0 Å². The third-order valence-corrected chi connectivity index (χ3v) is 4.18. The van der Waals surface area contributed by atoms with Crippen LogP contribution in [0.5, 0.6) is 0 Å². The molecule has 1 heterocycles. The molecule has 1 aliphatic rings. The predicted octanol–water partition coefficient (Wildman–Crippen LogP) is 2.09. The summed E-state index contributed by atoms with van der Waals surface area (Å²) in [4.78, 5) is 21.0. The van der Waals surface area contributed by atoms with Gasteiger partial charge in [0.05, 0.1) is 12.1 Å². The van der Waals surface area contributed by atoms with E-state index in [-0.39, 0.29) is 18.6 Å². The smallest absolute Gasteiger partial charge is 0.251 e. The first-order chi connectivity index (χ1) is 11.2. The fourth-order valence-corrected chi connectivity index (χ4v) is 2.84. The summed E-state index contributed by atoms with van der Waals surface area (Å²) >= 11 is 0. The van der Waals surface area contributed by atoms with Crippen molar-refractivity contribution in [2.75, 3.05) is 11.9 Å². The Morgan fingerprint density at radius 3 is 2.91 bits per heavy atom. The maximum atomic E-state index is 12.1. The molecule has 0 unspecified atom stereocenters. The second-order valence-corrected chi connectivity index (χ2v) is 6.15. The van der Waals surface area contributed by atoms with Gasteiger partial charge >= 0.3 is 0 Å². The van der Waals surface area contributed by atoms with Crippen molar-refractivity contribution in [2.45, 2.75) is 44.7 Å². The summed E-state index contributed by atoms with van der Waals surface area (Å²) in [6.07, 6.45) is 6.58. The van der Waals surface area contributed by atoms with Gasteiger partial charge in [-0.15, -0.1) is 0 Å². The Labute approximate surface area is 135 Å². The zero-order chi connectivity index (χ0) is 16.2. The van der Waals surface area contributed by atoms with E-state index in [4.69, 9.17) is 5.11 Å². The van der Waals surface area contributed by atoms with Crippen LogP contribution in [0.25, 0.3) is 10.9 Å². The number of aliphatic hydroxyl groups excluding tert-OH is 1. The van der Waals surface area contributed by atoms with Gasteiger partial charge in [-0.2, -0.15) is 0 Å². The van der Waals surface area contributed by atoms with Gasteiger partial charge in [-0.05, 0) is 31.9 Å². The van der Waals surface area contributed by atoms with Crippen molar-refractivity contribution in [1.82, 2.24) is 15.3 Å². The molecule has 23 heavy (non-hydrogen) atoms. The molecule has 1 saturated carbocycles. The molecule has 6 heteroatoms. The lowest BCUT2D eigenvalue weighted by Gasteiger charge is -2.13. The Balaban J connectivity index is 1.80. The summed E-state index contributed by atoms with van der Waals surface area (Å²) in [5, 5.41) is 16.0. The number of fused-ring (bicyclic) bond motifs is 1. The lowest BCUT2D eigenvalue weighted by Crippen LogP contribution is -2.34. The summed E-state index contributed by atoms with van der Waals surface area (Å²) in [7, 11) is 0. The molecule has 0 spiro atoms. The number of anilines is 1. The van der Waals surface area contributed by atoms with Gasteiger partial charge in [-0.1, -0.05) is 18.9 Å². The maximum absolute atomic E-state index is 12.1. The number of benzene rings is 1. The zero-order valence-corrected chi connectivity index (χ0v) is 13.2. The summed E-state index contributed by atoms with van der Waals surface area (Å²) in [6.45, 7) is 1.67. The second-order valence-electron chi connectivity index (χ2n) is 6.15. The molecule has 6 nitrogen and oxygen atoms in total. The Morgan fingerprint density at radius 2 is 2.17 bits per heavy atom. The molecule has 0 bridgehead atoms. The van der Waals surface area contributed by atoms with Gasteiger partial charge in [-0.25, -0.2) is 9.97 Å². The normalized spacial score (nSPS) is 16.4. The van der Waals surface area contributed by atoms with Crippen LogP contribution < -0.4 is 10.6 Å². The second kappa shape index (κ2) is 6.91. The summed E-state index contributed by atoms with van der Waals surface area (Å²) in [5.74, 6) is 0.406. The Hall–Kier alpha value is -2.21. The van der Waals surface area contributed by atoms with E-state index in [1.165, 1.54) is 12.8 Å². The lowest BCUT2D eigenvalue weighted by atomic mass is 10.1. The number of nitrogens with one attached hydrogen (secondary N) is 2. The van der Waals surface area contributed by atoms with E-state index in [0.29, 0.717) is 17.6 Å². The van der Waals surface area contributed by atoms with Gasteiger partial charge in [0.25, 0.3) is 5.91 Å². The molecule has 122 valence electrons. The highest BCUT2D eigenvalue weighted by molar-refractivity contribution is 5.97. The van der Waals surface area contributed by atoms with E-state index >= 15 is 0 Å².